The summed E-state index contributed by atoms with van der Waals surface area (Å²) in [6, 6.07) is 19.6. The van der Waals surface area contributed by atoms with Crippen LogP contribution in [-0.2, 0) is 19.4 Å². The molecule has 0 aromatic heterocycles. The predicted molar refractivity (Wildman–Crippen MR) is 110 cm³/mol. The fourth-order valence-corrected chi connectivity index (χ4v) is 4.42. The summed E-state index contributed by atoms with van der Waals surface area (Å²) >= 11 is 0. The Hall–Kier alpha value is -3.19. The topological polar surface area (TPSA) is 89.5 Å². The van der Waals surface area contributed by atoms with Gasteiger partial charge in [-0.25, -0.2) is 13.2 Å². The molecule has 0 radical (unpaired) electrons. The fraction of sp³-hybridized carbons (Fsp3) is 0.182. The lowest BCUT2D eigenvalue weighted by Gasteiger charge is -2.17. The molecule has 0 saturated heterocycles. The minimum absolute atomic E-state index is 0.0968. The number of methoxy groups -OCH3 is 1. The molecular weight excluding hydrogens is 390 g/mol. The van der Waals surface area contributed by atoms with Gasteiger partial charge in [0.25, 0.3) is 5.91 Å². The molecule has 1 atom stereocenters. The van der Waals surface area contributed by atoms with Crippen LogP contribution in [0.25, 0.3) is 10.8 Å². The molecule has 7 heteroatoms. The van der Waals surface area contributed by atoms with Crippen molar-refractivity contribution in [1.82, 2.24) is 5.32 Å². The van der Waals surface area contributed by atoms with Gasteiger partial charge in [0, 0.05) is 5.56 Å². The number of ether oxygens (including phenoxy) is 1. The zero-order valence-electron chi connectivity index (χ0n) is 15.9. The first kappa shape index (κ1) is 20.5. The third-order valence-electron chi connectivity index (χ3n) is 4.60. The van der Waals surface area contributed by atoms with Gasteiger partial charge in [-0.3, -0.25) is 4.79 Å². The van der Waals surface area contributed by atoms with Crippen LogP contribution in [0.4, 0.5) is 0 Å². The highest BCUT2D eigenvalue weighted by atomic mass is 32.2. The number of sulfone groups is 1. The highest BCUT2D eigenvalue weighted by Gasteiger charge is 2.26. The Labute approximate surface area is 169 Å². The number of amides is 1. The Kier molecular flexibility index (Phi) is 6.29. The van der Waals surface area contributed by atoms with Crippen LogP contribution in [0.5, 0.6) is 0 Å². The summed E-state index contributed by atoms with van der Waals surface area (Å²) in [5.41, 5.74) is 0.405. The summed E-state index contributed by atoms with van der Waals surface area (Å²) < 4.78 is 29.8. The number of carbonyl (C=O) groups excluding carboxylic acids is 2. The van der Waals surface area contributed by atoms with Crippen molar-refractivity contribution >= 4 is 32.5 Å². The Bertz CT molecular complexity index is 1120. The second kappa shape index (κ2) is 8.87. The molecule has 3 rings (SSSR count). The number of hydrogen-bond acceptors (Lipinski definition) is 5. The molecule has 0 bridgehead atoms. The quantitative estimate of drug-likeness (QED) is 0.604. The molecule has 0 aliphatic carbocycles. The summed E-state index contributed by atoms with van der Waals surface area (Å²) in [4.78, 5) is 25.1. The molecule has 3 aromatic rings. The number of hydrogen-bond donors (Lipinski definition) is 1. The minimum Gasteiger partial charge on any atom is -0.467 e. The van der Waals surface area contributed by atoms with Crippen LogP contribution >= 0.6 is 0 Å². The average molecular weight is 411 g/mol. The van der Waals surface area contributed by atoms with Crippen molar-refractivity contribution in [3.63, 3.8) is 0 Å². The SMILES string of the molecule is COC(=O)[C@H](CCS(=O)(=O)c1ccccc1)NC(=O)c1cccc2ccccc12. The molecule has 0 unspecified atom stereocenters. The molecule has 6 nitrogen and oxygen atoms in total. The third-order valence-corrected chi connectivity index (χ3v) is 6.37. The first-order valence-corrected chi connectivity index (χ1v) is 10.7. The van der Waals surface area contributed by atoms with E-state index in [4.69, 9.17) is 4.74 Å². The van der Waals surface area contributed by atoms with Crippen molar-refractivity contribution in [2.24, 2.45) is 0 Å². The summed E-state index contributed by atoms with van der Waals surface area (Å²) in [6.45, 7) is 0. The van der Waals surface area contributed by atoms with E-state index in [-0.39, 0.29) is 17.1 Å². The van der Waals surface area contributed by atoms with Crippen LogP contribution in [0.15, 0.2) is 77.7 Å². The first-order chi connectivity index (χ1) is 13.9. The lowest BCUT2D eigenvalue weighted by molar-refractivity contribution is -0.142. The average Bonchev–Trinajstić information content (AvgIpc) is 2.76. The maximum atomic E-state index is 12.8. The minimum atomic E-state index is -3.59. The van der Waals surface area contributed by atoms with Crippen molar-refractivity contribution < 1.29 is 22.7 Å². The van der Waals surface area contributed by atoms with Crippen LogP contribution in [0.1, 0.15) is 16.8 Å². The van der Waals surface area contributed by atoms with Gasteiger partial charge in [0.15, 0.2) is 9.84 Å². The zero-order chi connectivity index (χ0) is 20.9. The maximum absolute atomic E-state index is 12.8. The van der Waals surface area contributed by atoms with E-state index in [0.29, 0.717) is 5.56 Å². The second-order valence-electron chi connectivity index (χ2n) is 6.50. The van der Waals surface area contributed by atoms with Crippen LogP contribution in [0.3, 0.4) is 0 Å². The molecule has 0 heterocycles. The van der Waals surface area contributed by atoms with Crippen LogP contribution in [-0.4, -0.2) is 39.2 Å². The van der Waals surface area contributed by atoms with E-state index in [1.807, 2.05) is 30.3 Å². The summed E-state index contributed by atoms with van der Waals surface area (Å²) in [5, 5.41) is 4.26. The molecule has 150 valence electrons. The Morgan fingerprint density at radius 3 is 2.31 bits per heavy atom. The van der Waals surface area contributed by atoms with E-state index in [9.17, 15) is 18.0 Å². The van der Waals surface area contributed by atoms with Gasteiger partial charge < -0.3 is 10.1 Å². The Morgan fingerprint density at radius 1 is 0.931 bits per heavy atom. The number of benzene rings is 3. The monoisotopic (exact) mass is 411 g/mol. The molecule has 0 aliphatic heterocycles. The summed E-state index contributed by atoms with van der Waals surface area (Å²) in [5.74, 6) is -1.46. The maximum Gasteiger partial charge on any atom is 0.328 e. The number of nitrogens with one attached hydrogen (secondary N) is 1. The molecule has 1 N–H and O–H groups in total. The van der Waals surface area contributed by atoms with Gasteiger partial charge in [-0.15, -0.1) is 0 Å². The molecule has 3 aromatic carbocycles. The van der Waals surface area contributed by atoms with Gasteiger partial charge in [0.05, 0.1) is 17.8 Å². The normalized spacial score (nSPS) is 12.3. The van der Waals surface area contributed by atoms with E-state index in [0.717, 1.165) is 10.8 Å². The zero-order valence-corrected chi connectivity index (χ0v) is 16.7. The second-order valence-corrected chi connectivity index (χ2v) is 8.61. The van der Waals surface area contributed by atoms with Crippen molar-refractivity contribution in [2.45, 2.75) is 17.4 Å². The fourth-order valence-electron chi connectivity index (χ4n) is 3.07. The standard InChI is InChI=1S/C22H21NO5S/c1-28-22(25)20(14-15-29(26,27)17-10-3-2-4-11-17)23-21(24)19-13-7-9-16-8-5-6-12-18(16)19/h2-13,20H,14-15H2,1H3,(H,23,24)/t20-/m0/s1. The largest absolute Gasteiger partial charge is 0.467 e. The van der Waals surface area contributed by atoms with Crippen LogP contribution < -0.4 is 5.32 Å². The van der Waals surface area contributed by atoms with Gasteiger partial charge in [0.1, 0.15) is 6.04 Å². The Balaban J connectivity index is 1.79. The lowest BCUT2D eigenvalue weighted by Crippen LogP contribution is -2.42. The molecule has 0 fully saturated rings. The lowest BCUT2D eigenvalue weighted by atomic mass is 10.0. The molecule has 1 amide bonds. The van der Waals surface area contributed by atoms with Crippen molar-refractivity contribution in [2.75, 3.05) is 12.9 Å². The van der Waals surface area contributed by atoms with Crippen LogP contribution in [0.2, 0.25) is 0 Å². The predicted octanol–water partition coefficient (Wildman–Crippen LogP) is 2.98. The number of rotatable bonds is 7. The Morgan fingerprint density at radius 2 is 1.59 bits per heavy atom. The van der Waals surface area contributed by atoms with Crippen molar-refractivity contribution in [1.29, 1.82) is 0 Å². The van der Waals surface area contributed by atoms with Gasteiger partial charge in [-0.2, -0.15) is 0 Å². The van der Waals surface area contributed by atoms with Gasteiger partial charge in [-0.1, -0.05) is 54.6 Å². The summed E-state index contributed by atoms with van der Waals surface area (Å²) in [6.07, 6.45) is -0.0968. The summed E-state index contributed by atoms with van der Waals surface area (Å²) in [7, 11) is -2.39. The smallest absolute Gasteiger partial charge is 0.328 e. The van der Waals surface area contributed by atoms with Gasteiger partial charge in [0.2, 0.25) is 0 Å². The van der Waals surface area contributed by atoms with Crippen molar-refractivity contribution in [3.8, 4) is 0 Å². The van der Waals surface area contributed by atoms with Crippen molar-refractivity contribution in [3.05, 3.63) is 78.4 Å². The van der Waals surface area contributed by atoms with E-state index in [2.05, 4.69) is 5.32 Å². The third kappa shape index (κ3) is 4.81. The van der Waals surface area contributed by atoms with Gasteiger partial charge in [-0.05, 0) is 35.4 Å². The number of fused-ring (bicyclic) bond motifs is 1. The highest BCUT2D eigenvalue weighted by molar-refractivity contribution is 7.91. The van der Waals surface area contributed by atoms with E-state index < -0.39 is 27.8 Å². The first-order valence-electron chi connectivity index (χ1n) is 9.06. The number of esters is 1. The van der Waals surface area contributed by atoms with Gasteiger partial charge >= 0.3 is 5.97 Å². The number of carbonyl (C=O) groups is 2. The van der Waals surface area contributed by atoms with E-state index >= 15 is 0 Å². The van der Waals surface area contributed by atoms with E-state index in [1.54, 1.807) is 30.3 Å². The highest BCUT2D eigenvalue weighted by Crippen LogP contribution is 2.19. The molecular formula is C22H21NO5S. The molecule has 0 spiro atoms. The molecule has 0 aliphatic rings. The molecule has 29 heavy (non-hydrogen) atoms. The van der Waals surface area contributed by atoms with E-state index in [1.165, 1.54) is 19.2 Å². The molecule has 0 saturated carbocycles. The van der Waals surface area contributed by atoms with Crippen LogP contribution in [0, 0.1) is 0 Å².